The summed E-state index contributed by atoms with van der Waals surface area (Å²) in [6.07, 6.45) is 3.12. The Balaban J connectivity index is 2.00. The number of aromatic nitrogens is 2. The van der Waals surface area contributed by atoms with Gasteiger partial charge in [0.15, 0.2) is 5.69 Å². The number of hydrogen-bond donors (Lipinski definition) is 3. The van der Waals surface area contributed by atoms with Gasteiger partial charge in [-0.2, -0.15) is 5.10 Å². The van der Waals surface area contributed by atoms with E-state index in [4.69, 9.17) is 0 Å². The average molecular weight is 208 g/mol. The van der Waals surface area contributed by atoms with Gasteiger partial charge in [0.1, 0.15) is 0 Å². The SMILES string of the molecule is CNCCNC(=O)c1n[nH]c2c1CCC2. The van der Waals surface area contributed by atoms with E-state index in [9.17, 15) is 4.79 Å². The van der Waals surface area contributed by atoms with Crippen LogP contribution in [0.15, 0.2) is 0 Å². The molecule has 0 aliphatic heterocycles. The molecule has 82 valence electrons. The molecule has 5 heteroatoms. The Kier molecular flexibility index (Phi) is 3.01. The first kappa shape index (κ1) is 10.2. The van der Waals surface area contributed by atoms with E-state index in [1.54, 1.807) is 0 Å². The number of carbonyl (C=O) groups excluding carboxylic acids is 1. The van der Waals surface area contributed by atoms with Crippen molar-refractivity contribution >= 4 is 5.91 Å². The van der Waals surface area contributed by atoms with Crippen LogP contribution in [0, 0.1) is 0 Å². The van der Waals surface area contributed by atoms with Crippen molar-refractivity contribution in [3.8, 4) is 0 Å². The van der Waals surface area contributed by atoms with Gasteiger partial charge in [-0.15, -0.1) is 0 Å². The predicted octanol–water partition coefficient (Wildman–Crippen LogP) is -0.152. The van der Waals surface area contributed by atoms with Crippen LogP contribution in [0.25, 0.3) is 0 Å². The fourth-order valence-electron chi connectivity index (χ4n) is 1.89. The van der Waals surface area contributed by atoms with Crippen molar-refractivity contribution in [1.29, 1.82) is 0 Å². The summed E-state index contributed by atoms with van der Waals surface area (Å²) in [5.74, 6) is -0.0651. The van der Waals surface area contributed by atoms with Crippen molar-refractivity contribution in [2.45, 2.75) is 19.3 Å². The Morgan fingerprint density at radius 2 is 2.33 bits per heavy atom. The fourth-order valence-corrected chi connectivity index (χ4v) is 1.89. The third-order valence-corrected chi connectivity index (χ3v) is 2.68. The highest BCUT2D eigenvalue weighted by Crippen LogP contribution is 2.22. The molecule has 15 heavy (non-hydrogen) atoms. The van der Waals surface area contributed by atoms with E-state index in [0.29, 0.717) is 12.2 Å². The summed E-state index contributed by atoms with van der Waals surface area (Å²) in [4.78, 5) is 11.7. The van der Waals surface area contributed by atoms with Crippen LogP contribution in [0.3, 0.4) is 0 Å². The van der Waals surface area contributed by atoms with Crippen LogP contribution in [-0.2, 0) is 12.8 Å². The van der Waals surface area contributed by atoms with E-state index in [1.807, 2.05) is 7.05 Å². The van der Waals surface area contributed by atoms with Crippen LogP contribution in [0.2, 0.25) is 0 Å². The number of rotatable bonds is 4. The molecule has 1 aliphatic rings. The molecule has 1 heterocycles. The lowest BCUT2D eigenvalue weighted by atomic mass is 10.2. The molecule has 2 rings (SSSR count). The molecule has 0 fully saturated rings. The van der Waals surface area contributed by atoms with Crippen LogP contribution in [-0.4, -0.2) is 36.2 Å². The quantitative estimate of drug-likeness (QED) is 0.603. The molecule has 3 N–H and O–H groups in total. The van der Waals surface area contributed by atoms with Gasteiger partial charge >= 0.3 is 0 Å². The molecule has 0 radical (unpaired) electrons. The second kappa shape index (κ2) is 4.44. The lowest BCUT2D eigenvalue weighted by Crippen LogP contribution is -2.31. The van der Waals surface area contributed by atoms with Gasteiger partial charge in [-0.25, -0.2) is 0 Å². The lowest BCUT2D eigenvalue weighted by molar-refractivity contribution is 0.0948. The van der Waals surface area contributed by atoms with Crippen molar-refractivity contribution in [3.05, 3.63) is 17.0 Å². The Bertz CT molecular complexity index is 358. The number of fused-ring (bicyclic) bond motifs is 1. The van der Waals surface area contributed by atoms with Crippen molar-refractivity contribution in [2.24, 2.45) is 0 Å². The Labute approximate surface area is 88.6 Å². The number of aryl methyl sites for hydroxylation is 1. The maximum Gasteiger partial charge on any atom is 0.272 e. The van der Waals surface area contributed by atoms with Crippen molar-refractivity contribution in [2.75, 3.05) is 20.1 Å². The van der Waals surface area contributed by atoms with Gasteiger partial charge in [-0.05, 0) is 26.3 Å². The molecule has 0 unspecified atom stereocenters. The Hall–Kier alpha value is -1.36. The summed E-state index contributed by atoms with van der Waals surface area (Å²) in [5, 5.41) is 12.8. The average Bonchev–Trinajstić information content (AvgIpc) is 2.78. The summed E-state index contributed by atoms with van der Waals surface area (Å²) < 4.78 is 0. The van der Waals surface area contributed by atoms with Crippen molar-refractivity contribution in [3.63, 3.8) is 0 Å². The fraction of sp³-hybridized carbons (Fsp3) is 0.600. The standard InChI is InChI=1S/C10H16N4O/c1-11-5-6-12-10(15)9-7-3-2-4-8(7)13-14-9/h11H,2-6H2,1H3,(H,12,15)(H,13,14). The molecule has 0 saturated heterocycles. The molecule has 0 atom stereocenters. The summed E-state index contributed by atoms with van der Waals surface area (Å²) >= 11 is 0. The summed E-state index contributed by atoms with van der Waals surface area (Å²) in [6.45, 7) is 1.41. The van der Waals surface area contributed by atoms with Gasteiger partial charge in [0.2, 0.25) is 0 Å². The number of carbonyl (C=O) groups is 1. The van der Waals surface area contributed by atoms with E-state index in [0.717, 1.165) is 37.1 Å². The molecular weight excluding hydrogens is 192 g/mol. The highest BCUT2D eigenvalue weighted by Gasteiger charge is 2.22. The smallest absolute Gasteiger partial charge is 0.272 e. The first-order valence-corrected chi connectivity index (χ1v) is 5.32. The molecule has 0 spiro atoms. The maximum absolute atomic E-state index is 11.7. The topological polar surface area (TPSA) is 69.8 Å². The molecule has 1 amide bonds. The van der Waals surface area contributed by atoms with Gasteiger partial charge in [-0.3, -0.25) is 9.89 Å². The molecule has 0 bridgehead atoms. The summed E-state index contributed by atoms with van der Waals surface area (Å²) in [5.41, 5.74) is 2.82. The zero-order valence-corrected chi connectivity index (χ0v) is 8.89. The van der Waals surface area contributed by atoms with Crippen LogP contribution < -0.4 is 10.6 Å². The summed E-state index contributed by atoms with van der Waals surface area (Å²) in [7, 11) is 1.86. The van der Waals surface area contributed by atoms with Crippen molar-refractivity contribution in [1.82, 2.24) is 20.8 Å². The van der Waals surface area contributed by atoms with E-state index in [-0.39, 0.29) is 5.91 Å². The van der Waals surface area contributed by atoms with Crippen LogP contribution >= 0.6 is 0 Å². The molecule has 5 nitrogen and oxygen atoms in total. The number of amides is 1. The number of H-pyrrole nitrogens is 1. The number of likely N-dealkylation sites (N-methyl/N-ethyl adjacent to an activating group) is 1. The second-order valence-electron chi connectivity index (χ2n) is 3.74. The Morgan fingerprint density at radius 3 is 3.13 bits per heavy atom. The summed E-state index contributed by atoms with van der Waals surface area (Å²) in [6, 6.07) is 0. The third kappa shape index (κ3) is 2.02. The molecule has 1 aromatic rings. The van der Waals surface area contributed by atoms with E-state index in [1.165, 1.54) is 0 Å². The molecule has 0 saturated carbocycles. The van der Waals surface area contributed by atoms with Crippen molar-refractivity contribution < 1.29 is 4.79 Å². The predicted molar refractivity (Wildman–Crippen MR) is 56.9 cm³/mol. The minimum Gasteiger partial charge on any atom is -0.349 e. The molecule has 0 aromatic carbocycles. The first-order valence-electron chi connectivity index (χ1n) is 5.32. The number of nitrogens with one attached hydrogen (secondary N) is 3. The lowest BCUT2D eigenvalue weighted by Gasteiger charge is -2.02. The van der Waals surface area contributed by atoms with Gasteiger partial charge < -0.3 is 10.6 Å². The Morgan fingerprint density at radius 1 is 1.47 bits per heavy atom. The zero-order chi connectivity index (χ0) is 10.7. The molecule has 1 aliphatic carbocycles. The van der Waals surface area contributed by atoms with E-state index < -0.39 is 0 Å². The number of aromatic amines is 1. The monoisotopic (exact) mass is 208 g/mol. The number of nitrogens with zero attached hydrogens (tertiary/aromatic N) is 1. The van der Waals surface area contributed by atoms with Crippen LogP contribution in [0.4, 0.5) is 0 Å². The first-order chi connectivity index (χ1) is 7.33. The van der Waals surface area contributed by atoms with E-state index >= 15 is 0 Å². The van der Waals surface area contributed by atoms with Gasteiger partial charge in [0, 0.05) is 24.3 Å². The zero-order valence-electron chi connectivity index (χ0n) is 8.89. The molecular formula is C10H16N4O. The van der Waals surface area contributed by atoms with Crippen LogP contribution in [0.5, 0.6) is 0 Å². The number of hydrogen-bond acceptors (Lipinski definition) is 3. The minimum atomic E-state index is -0.0651. The highest BCUT2D eigenvalue weighted by atomic mass is 16.1. The molecule has 1 aromatic heterocycles. The normalized spacial score (nSPS) is 13.9. The van der Waals surface area contributed by atoms with Gasteiger partial charge in [0.05, 0.1) is 0 Å². The second-order valence-corrected chi connectivity index (χ2v) is 3.74. The van der Waals surface area contributed by atoms with E-state index in [2.05, 4.69) is 20.8 Å². The van der Waals surface area contributed by atoms with Crippen LogP contribution in [0.1, 0.15) is 28.2 Å². The maximum atomic E-state index is 11.7. The van der Waals surface area contributed by atoms with Gasteiger partial charge in [0.25, 0.3) is 5.91 Å². The largest absolute Gasteiger partial charge is 0.349 e. The highest BCUT2D eigenvalue weighted by molar-refractivity contribution is 5.94. The van der Waals surface area contributed by atoms with Gasteiger partial charge in [-0.1, -0.05) is 0 Å². The third-order valence-electron chi connectivity index (χ3n) is 2.68. The minimum absolute atomic E-state index is 0.0651.